The molecule has 1 atom stereocenters. The second kappa shape index (κ2) is 10.5. The zero-order chi connectivity index (χ0) is 27.0. The SMILES string of the molecule is Cc1nc(C)c(-c2csc(Nc3ccc(CN4CCN(C(=O)OC(C)(C)C)CC4C(F)(F)F)cn3)n2)s1. The Morgan fingerprint density at radius 3 is 2.54 bits per heavy atom. The third-order valence-corrected chi connectivity index (χ3v) is 7.46. The number of halogens is 3. The second-order valence-corrected chi connectivity index (χ2v) is 11.9. The number of pyridine rings is 1. The molecule has 0 radical (unpaired) electrons. The maximum absolute atomic E-state index is 13.9. The van der Waals surface area contributed by atoms with Crippen molar-refractivity contribution in [3.05, 3.63) is 40.0 Å². The van der Waals surface area contributed by atoms with Crippen LogP contribution in [0.25, 0.3) is 10.6 Å². The van der Waals surface area contributed by atoms with E-state index in [0.29, 0.717) is 16.5 Å². The predicted molar refractivity (Wildman–Crippen MR) is 138 cm³/mol. The van der Waals surface area contributed by atoms with E-state index in [0.717, 1.165) is 26.2 Å². The lowest BCUT2D eigenvalue weighted by molar-refractivity contribution is -0.197. The molecule has 0 spiro atoms. The van der Waals surface area contributed by atoms with Crippen LogP contribution in [0.2, 0.25) is 0 Å². The molecule has 3 aromatic heterocycles. The number of amides is 1. The molecule has 1 unspecified atom stereocenters. The van der Waals surface area contributed by atoms with Crippen molar-refractivity contribution in [1.29, 1.82) is 0 Å². The van der Waals surface area contributed by atoms with Gasteiger partial charge in [0, 0.05) is 37.8 Å². The van der Waals surface area contributed by atoms with Gasteiger partial charge in [-0.05, 0) is 46.2 Å². The number of carbonyl (C=O) groups is 1. The van der Waals surface area contributed by atoms with Crippen molar-refractivity contribution in [2.75, 3.05) is 25.0 Å². The molecule has 1 fully saturated rings. The van der Waals surface area contributed by atoms with Crippen molar-refractivity contribution in [2.45, 2.75) is 59.0 Å². The van der Waals surface area contributed by atoms with Gasteiger partial charge in [-0.2, -0.15) is 13.2 Å². The first-order chi connectivity index (χ1) is 17.3. The topological polar surface area (TPSA) is 83.5 Å². The van der Waals surface area contributed by atoms with Crippen LogP contribution in [0.15, 0.2) is 23.7 Å². The lowest BCUT2D eigenvalue weighted by Gasteiger charge is -2.42. The Kier molecular flexibility index (Phi) is 7.77. The van der Waals surface area contributed by atoms with Crippen LogP contribution >= 0.6 is 22.7 Å². The van der Waals surface area contributed by atoms with Gasteiger partial charge < -0.3 is 15.0 Å². The predicted octanol–water partition coefficient (Wildman–Crippen LogP) is 6.01. The third-order valence-electron chi connectivity index (χ3n) is 5.61. The second-order valence-electron chi connectivity index (χ2n) is 9.82. The monoisotopic (exact) mass is 554 g/mol. The summed E-state index contributed by atoms with van der Waals surface area (Å²) in [7, 11) is 0. The molecule has 0 aromatic carbocycles. The van der Waals surface area contributed by atoms with E-state index in [9.17, 15) is 18.0 Å². The van der Waals surface area contributed by atoms with Crippen LogP contribution in [0, 0.1) is 13.8 Å². The first-order valence-corrected chi connectivity index (χ1v) is 13.4. The lowest BCUT2D eigenvalue weighted by Crippen LogP contribution is -2.60. The first kappa shape index (κ1) is 27.3. The van der Waals surface area contributed by atoms with Crippen LogP contribution in [-0.4, -0.2) is 68.3 Å². The molecule has 13 heteroatoms. The molecule has 1 amide bonds. The van der Waals surface area contributed by atoms with Gasteiger partial charge in [0.15, 0.2) is 5.13 Å². The summed E-state index contributed by atoms with van der Waals surface area (Å²) in [5.41, 5.74) is 1.64. The maximum Gasteiger partial charge on any atom is 0.410 e. The fourth-order valence-corrected chi connectivity index (χ4v) is 5.62. The zero-order valence-corrected chi connectivity index (χ0v) is 22.9. The summed E-state index contributed by atoms with van der Waals surface area (Å²) in [5.74, 6) is 0.545. The molecule has 3 aromatic rings. The Labute approximate surface area is 221 Å². The van der Waals surface area contributed by atoms with E-state index in [-0.39, 0.29) is 19.6 Å². The zero-order valence-electron chi connectivity index (χ0n) is 21.2. The quantitative estimate of drug-likeness (QED) is 0.414. The van der Waals surface area contributed by atoms with Gasteiger partial charge in [-0.3, -0.25) is 4.90 Å². The van der Waals surface area contributed by atoms with Gasteiger partial charge >= 0.3 is 12.3 Å². The number of nitrogens with one attached hydrogen (secondary N) is 1. The molecule has 1 aliphatic heterocycles. The van der Waals surface area contributed by atoms with Gasteiger partial charge in [-0.15, -0.1) is 22.7 Å². The van der Waals surface area contributed by atoms with E-state index in [4.69, 9.17) is 4.74 Å². The number of ether oxygens (including phenoxy) is 1. The Morgan fingerprint density at radius 1 is 1.19 bits per heavy atom. The van der Waals surface area contributed by atoms with Crippen LogP contribution in [0.3, 0.4) is 0 Å². The van der Waals surface area contributed by atoms with Gasteiger partial charge in [0.25, 0.3) is 0 Å². The van der Waals surface area contributed by atoms with Gasteiger partial charge in [0.2, 0.25) is 0 Å². The number of hydrogen-bond donors (Lipinski definition) is 1. The summed E-state index contributed by atoms with van der Waals surface area (Å²) in [6.45, 7) is 8.77. The van der Waals surface area contributed by atoms with E-state index < -0.39 is 30.5 Å². The number of hydrogen-bond acceptors (Lipinski definition) is 9. The fraction of sp³-hybridized carbons (Fsp3) is 0.500. The van der Waals surface area contributed by atoms with Crippen LogP contribution in [-0.2, 0) is 11.3 Å². The average molecular weight is 555 g/mol. The van der Waals surface area contributed by atoms with E-state index in [1.807, 2.05) is 19.2 Å². The highest BCUT2D eigenvalue weighted by molar-refractivity contribution is 7.16. The maximum atomic E-state index is 13.9. The molecule has 200 valence electrons. The molecule has 1 aliphatic rings. The number of nitrogens with zero attached hydrogens (tertiary/aromatic N) is 5. The van der Waals surface area contributed by atoms with Gasteiger partial charge in [0.05, 0.1) is 21.3 Å². The summed E-state index contributed by atoms with van der Waals surface area (Å²) in [5, 5.41) is 6.74. The Morgan fingerprint density at radius 2 is 1.95 bits per heavy atom. The molecule has 4 rings (SSSR count). The number of carbonyl (C=O) groups excluding carboxylic acids is 1. The fourth-order valence-electron chi connectivity index (χ4n) is 3.95. The standard InChI is InChI=1S/C24H29F3N6O2S2/c1-14-20(37-15(2)29-14)17-13-36-21(30-17)31-19-7-6-16(10-28-19)11-32-8-9-33(12-18(32)24(25,26)27)22(34)35-23(3,4)5/h6-7,10,13,18H,8-9,11-12H2,1-5H3,(H,28,30,31). The number of aryl methyl sites for hydroxylation is 2. The molecule has 0 bridgehead atoms. The Bertz CT molecular complexity index is 1240. The summed E-state index contributed by atoms with van der Waals surface area (Å²) in [6, 6.07) is 1.67. The van der Waals surface area contributed by atoms with Crippen molar-refractivity contribution >= 4 is 39.7 Å². The molecular weight excluding hydrogens is 525 g/mol. The molecule has 4 heterocycles. The largest absolute Gasteiger partial charge is 0.444 e. The summed E-state index contributed by atoms with van der Waals surface area (Å²) in [6.07, 6.45) is -3.67. The third kappa shape index (κ3) is 6.96. The van der Waals surface area contributed by atoms with Crippen LogP contribution in [0.1, 0.15) is 37.0 Å². The van der Waals surface area contributed by atoms with Crippen molar-refractivity contribution in [1.82, 2.24) is 24.8 Å². The highest BCUT2D eigenvalue weighted by Crippen LogP contribution is 2.33. The number of aromatic nitrogens is 3. The van der Waals surface area contributed by atoms with E-state index in [2.05, 4.69) is 20.3 Å². The van der Waals surface area contributed by atoms with E-state index in [1.165, 1.54) is 16.2 Å². The van der Waals surface area contributed by atoms with Crippen molar-refractivity contribution in [3.8, 4) is 10.6 Å². The minimum Gasteiger partial charge on any atom is -0.444 e. The van der Waals surface area contributed by atoms with Gasteiger partial charge in [-0.1, -0.05) is 6.07 Å². The molecule has 37 heavy (non-hydrogen) atoms. The summed E-state index contributed by atoms with van der Waals surface area (Å²) >= 11 is 3.03. The number of thiazole rings is 2. The number of alkyl halides is 3. The van der Waals surface area contributed by atoms with E-state index >= 15 is 0 Å². The number of anilines is 2. The first-order valence-electron chi connectivity index (χ1n) is 11.7. The molecular formula is C24H29F3N6O2S2. The minimum atomic E-state index is -4.49. The average Bonchev–Trinajstić information content (AvgIpc) is 3.38. The van der Waals surface area contributed by atoms with E-state index in [1.54, 1.807) is 50.4 Å². The minimum absolute atomic E-state index is 0.0605. The normalized spacial score (nSPS) is 17.2. The number of rotatable bonds is 5. The van der Waals surface area contributed by atoms with Crippen molar-refractivity contribution < 1.29 is 22.7 Å². The highest BCUT2D eigenvalue weighted by atomic mass is 32.1. The van der Waals surface area contributed by atoms with Gasteiger partial charge in [-0.25, -0.2) is 19.7 Å². The van der Waals surface area contributed by atoms with Crippen LogP contribution in [0.4, 0.5) is 28.9 Å². The summed E-state index contributed by atoms with van der Waals surface area (Å²) in [4.78, 5) is 29.2. The smallest absolute Gasteiger partial charge is 0.410 e. The van der Waals surface area contributed by atoms with Gasteiger partial charge in [0.1, 0.15) is 17.5 Å². The Hall–Kier alpha value is -2.77. The lowest BCUT2D eigenvalue weighted by atomic mass is 10.1. The number of piperazine rings is 1. The molecule has 0 aliphatic carbocycles. The van der Waals surface area contributed by atoms with Crippen LogP contribution in [0.5, 0.6) is 0 Å². The highest BCUT2D eigenvalue weighted by Gasteiger charge is 2.47. The molecule has 0 saturated carbocycles. The van der Waals surface area contributed by atoms with Crippen molar-refractivity contribution in [3.63, 3.8) is 0 Å². The van der Waals surface area contributed by atoms with Crippen molar-refractivity contribution in [2.24, 2.45) is 0 Å². The van der Waals surface area contributed by atoms with Crippen LogP contribution < -0.4 is 5.32 Å². The summed E-state index contributed by atoms with van der Waals surface area (Å²) < 4.78 is 46.9. The molecule has 1 saturated heterocycles. The Balaban J connectivity index is 1.39. The molecule has 1 N–H and O–H groups in total. The molecule has 8 nitrogen and oxygen atoms in total.